The molecule has 0 spiro atoms. The van der Waals surface area contributed by atoms with Gasteiger partial charge in [-0.3, -0.25) is 4.90 Å². The Balaban J connectivity index is 1.53. The van der Waals surface area contributed by atoms with E-state index in [1.807, 2.05) is 24.3 Å². The second-order valence-corrected chi connectivity index (χ2v) is 5.32. The van der Waals surface area contributed by atoms with Gasteiger partial charge in [0.2, 0.25) is 0 Å². The zero-order chi connectivity index (χ0) is 13.1. The maximum absolute atomic E-state index is 8.87. The van der Waals surface area contributed by atoms with Gasteiger partial charge in [-0.05, 0) is 37.6 Å². The van der Waals surface area contributed by atoms with Crippen LogP contribution in [0.2, 0.25) is 0 Å². The Bertz CT molecular complexity index is 483. The number of hydrogen-bond acceptors (Lipinski definition) is 4. The van der Waals surface area contributed by atoms with E-state index < -0.39 is 0 Å². The number of anilines is 1. The minimum absolute atomic E-state index is 0.250. The van der Waals surface area contributed by atoms with Crippen molar-refractivity contribution in [3.8, 4) is 6.07 Å². The van der Waals surface area contributed by atoms with E-state index in [1.54, 1.807) is 0 Å². The summed E-state index contributed by atoms with van der Waals surface area (Å²) in [5.41, 5.74) is 1.68. The van der Waals surface area contributed by atoms with Crippen molar-refractivity contribution in [1.82, 2.24) is 4.90 Å². The van der Waals surface area contributed by atoms with E-state index in [0.29, 0.717) is 11.6 Å². The van der Waals surface area contributed by atoms with Gasteiger partial charge in [-0.15, -0.1) is 0 Å². The average Bonchev–Trinajstić information content (AvgIpc) is 2.93. The number of morpholine rings is 1. The highest BCUT2D eigenvalue weighted by molar-refractivity contribution is 5.49. The van der Waals surface area contributed by atoms with Gasteiger partial charge in [0.1, 0.15) is 0 Å². The first-order valence-electron chi connectivity index (χ1n) is 6.95. The van der Waals surface area contributed by atoms with Crippen LogP contribution in [0.1, 0.15) is 18.4 Å². The molecule has 1 aromatic carbocycles. The van der Waals surface area contributed by atoms with Crippen LogP contribution in [0.4, 0.5) is 5.69 Å². The van der Waals surface area contributed by atoms with Gasteiger partial charge in [0.25, 0.3) is 0 Å². The van der Waals surface area contributed by atoms with Crippen LogP contribution in [0.3, 0.4) is 0 Å². The van der Waals surface area contributed by atoms with Gasteiger partial charge in [0.15, 0.2) is 0 Å². The average molecular weight is 257 g/mol. The Kier molecular flexibility index (Phi) is 3.67. The fourth-order valence-corrected chi connectivity index (χ4v) is 2.94. The van der Waals surface area contributed by atoms with Gasteiger partial charge in [-0.25, -0.2) is 0 Å². The van der Waals surface area contributed by atoms with Crippen molar-refractivity contribution in [3.05, 3.63) is 29.8 Å². The normalized spacial score (nSPS) is 26.7. The molecule has 1 aromatic rings. The molecular formula is C15H19N3O. The van der Waals surface area contributed by atoms with E-state index in [4.69, 9.17) is 10.00 Å². The second-order valence-electron chi connectivity index (χ2n) is 5.32. The zero-order valence-electron chi connectivity index (χ0n) is 11.0. The Labute approximate surface area is 114 Å². The highest BCUT2D eigenvalue weighted by Gasteiger charge is 2.31. The molecule has 4 heteroatoms. The summed E-state index contributed by atoms with van der Waals surface area (Å²) >= 11 is 0. The van der Waals surface area contributed by atoms with Gasteiger partial charge in [0, 0.05) is 24.8 Å². The maximum atomic E-state index is 8.87. The first-order chi connectivity index (χ1) is 9.35. The molecule has 2 atom stereocenters. The van der Waals surface area contributed by atoms with E-state index in [0.717, 1.165) is 25.4 Å². The Morgan fingerprint density at radius 2 is 2.42 bits per heavy atom. The van der Waals surface area contributed by atoms with Crippen molar-refractivity contribution < 1.29 is 4.74 Å². The molecule has 2 saturated heterocycles. The quantitative estimate of drug-likeness (QED) is 0.897. The van der Waals surface area contributed by atoms with Crippen LogP contribution in [-0.2, 0) is 4.74 Å². The van der Waals surface area contributed by atoms with Gasteiger partial charge < -0.3 is 10.1 Å². The summed E-state index contributed by atoms with van der Waals surface area (Å²) in [7, 11) is 0. The summed E-state index contributed by atoms with van der Waals surface area (Å²) in [5.74, 6) is 0. The molecule has 3 rings (SSSR count). The van der Waals surface area contributed by atoms with E-state index in [-0.39, 0.29) is 6.10 Å². The van der Waals surface area contributed by atoms with Crippen LogP contribution in [-0.4, -0.2) is 43.3 Å². The summed E-state index contributed by atoms with van der Waals surface area (Å²) < 4.78 is 5.90. The molecule has 19 heavy (non-hydrogen) atoms. The highest BCUT2D eigenvalue weighted by atomic mass is 16.5. The molecule has 2 heterocycles. The van der Waals surface area contributed by atoms with E-state index in [1.165, 1.54) is 19.4 Å². The SMILES string of the molecule is N#Cc1cccc(NCC2CN3CCCC3CO2)c1. The molecule has 2 aliphatic heterocycles. The van der Waals surface area contributed by atoms with Crippen molar-refractivity contribution in [2.45, 2.75) is 25.0 Å². The number of fused-ring (bicyclic) bond motifs is 1. The summed E-state index contributed by atoms with van der Waals surface area (Å²) in [6.07, 6.45) is 2.84. The minimum Gasteiger partial charge on any atom is -0.382 e. The van der Waals surface area contributed by atoms with Crippen LogP contribution in [0.25, 0.3) is 0 Å². The smallest absolute Gasteiger partial charge is 0.0992 e. The standard InChI is InChI=1S/C15H19N3O/c16-8-12-3-1-4-13(7-12)17-9-15-10-18-6-2-5-14(18)11-19-15/h1,3-4,7,14-15,17H,2,5-6,9-11H2. The monoisotopic (exact) mass is 257 g/mol. The molecule has 0 bridgehead atoms. The zero-order valence-corrected chi connectivity index (χ0v) is 11.0. The van der Waals surface area contributed by atoms with E-state index in [2.05, 4.69) is 16.3 Å². The third-order valence-corrected chi connectivity index (χ3v) is 3.99. The molecule has 2 fully saturated rings. The lowest BCUT2D eigenvalue weighted by Crippen LogP contribution is -2.48. The molecule has 100 valence electrons. The fourth-order valence-electron chi connectivity index (χ4n) is 2.94. The molecule has 2 unspecified atom stereocenters. The van der Waals surface area contributed by atoms with Crippen molar-refractivity contribution >= 4 is 5.69 Å². The lowest BCUT2D eigenvalue weighted by atomic mass is 10.2. The summed E-state index contributed by atoms with van der Waals surface area (Å²) in [6, 6.07) is 10.4. The third-order valence-electron chi connectivity index (χ3n) is 3.99. The number of hydrogen-bond donors (Lipinski definition) is 1. The molecule has 1 N–H and O–H groups in total. The number of nitrogens with zero attached hydrogens (tertiary/aromatic N) is 2. The highest BCUT2D eigenvalue weighted by Crippen LogP contribution is 2.22. The van der Waals surface area contributed by atoms with Crippen LogP contribution in [0, 0.1) is 11.3 Å². The molecular weight excluding hydrogens is 238 g/mol. The molecule has 0 aliphatic carbocycles. The minimum atomic E-state index is 0.250. The first kappa shape index (κ1) is 12.5. The topological polar surface area (TPSA) is 48.3 Å². The Hall–Kier alpha value is -1.57. The van der Waals surface area contributed by atoms with Gasteiger partial charge in [-0.2, -0.15) is 5.26 Å². The molecule has 0 aromatic heterocycles. The summed E-state index contributed by atoms with van der Waals surface area (Å²) in [6.45, 7) is 3.91. The Morgan fingerprint density at radius 3 is 3.32 bits per heavy atom. The predicted octanol–water partition coefficient (Wildman–Crippen LogP) is 1.83. The van der Waals surface area contributed by atoms with Crippen LogP contribution >= 0.6 is 0 Å². The third kappa shape index (κ3) is 2.89. The lowest BCUT2D eigenvalue weighted by molar-refractivity contribution is -0.0415. The molecule has 4 nitrogen and oxygen atoms in total. The summed E-state index contributed by atoms with van der Waals surface area (Å²) in [5, 5.41) is 12.2. The first-order valence-corrected chi connectivity index (χ1v) is 6.95. The van der Waals surface area contributed by atoms with Gasteiger partial charge in [0.05, 0.1) is 24.3 Å². The van der Waals surface area contributed by atoms with E-state index >= 15 is 0 Å². The number of rotatable bonds is 3. The van der Waals surface area contributed by atoms with Crippen molar-refractivity contribution in [3.63, 3.8) is 0 Å². The largest absolute Gasteiger partial charge is 0.382 e. The molecule has 2 aliphatic rings. The number of ether oxygens (including phenoxy) is 1. The predicted molar refractivity (Wildman–Crippen MR) is 74.0 cm³/mol. The van der Waals surface area contributed by atoms with Crippen molar-refractivity contribution in [1.29, 1.82) is 5.26 Å². The van der Waals surface area contributed by atoms with Gasteiger partial charge >= 0.3 is 0 Å². The van der Waals surface area contributed by atoms with Crippen molar-refractivity contribution in [2.24, 2.45) is 0 Å². The van der Waals surface area contributed by atoms with E-state index in [9.17, 15) is 0 Å². The number of nitrogens with one attached hydrogen (secondary N) is 1. The number of benzene rings is 1. The van der Waals surface area contributed by atoms with Crippen LogP contribution in [0.15, 0.2) is 24.3 Å². The maximum Gasteiger partial charge on any atom is 0.0992 e. The number of nitriles is 1. The molecule has 0 amide bonds. The Morgan fingerprint density at radius 1 is 1.47 bits per heavy atom. The van der Waals surface area contributed by atoms with Crippen LogP contribution in [0.5, 0.6) is 0 Å². The fraction of sp³-hybridized carbons (Fsp3) is 0.533. The lowest BCUT2D eigenvalue weighted by Gasteiger charge is -2.35. The van der Waals surface area contributed by atoms with Crippen molar-refractivity contribution in [2.75, 3.05) is 31.6 Å². The molecule has 0 saturated carbocycles. The van der Waals surface area contributed by atoms with Crippen LogP contribution < -0.4 is 5.32 Å². The second kappa shape index (κ2) is 5.60. The summed E-state index contributed by atoms with van der Waals surface area (Å²) in [4.78, 5) is 2.54. The molecule has 0 radical (unpaired) electrons. The van der Waals surface area contributed by atoms with Gasteiger partial charge in [-0.1, -0.05) is 6.07 Å².